The van der Waals surface area contributed by atoms with Crippen molar-refractivity contribution in [2.75, 3.05) is 11.9 Å². The van der Waals surface area contributed by atoms with Crippen molar-refractivity contribution in [3.05, 3.63) is 53.4 Å². The van der Waals surface area contributed by atoms with Gasteiger partial charge in [0, 0.05) is 17.6 Å². The van der Waals surface area contributed by atoms with Crippen LogP contribution in [-0.4, -0.2) is 30.7 Å². The number of hydrogen-bond donors (Lipinski definition) is 1. The topological polar surface area (TPSA) is 64.6 Å². The number of ether oxygens (including phenoxy) is 2. The van der Waals surface area contributed by atoms with E-state index in [0.717, 1.165) is 28.3 Å². The summed E-state index contributed by atoms with van der Waals surface area (Å²) in [5.41, 5.74) is 2.06. The van der Waals surface area contributed by atoms with Crippen LogP contribution in [0.15, 0.2) is 47.8 Å². The lowest BCUT2D eigenvalue weighted by Crippen LogP contribution is -2.27. The molecule has 150 valence electrons. The molecule has 0 aliphatic carbocycles. The van der Waals surface area contributed by atoms with Crippen molar-refractivity contribution in [1.29, 1.82) is 0 Å². The quantitative estimate of drug-likeness (QED) is 0.585. The smallest absolute Gasteiger partial charge is 0.342 e. The fourth-order valence-corrected chi connectivity index (χ4v) is 4.43. The molecule has 1 aromatic heterocycles. The van der Waals surface area contributed by atoms with Crippen molar-refractivity contribution < 1.29 is 19.1 Å². The van der Waals surface area contributed by atoms with Gasteiger partial charge in [0.1, 0.15) is 16.7 Å². The van der Waals surface area contributed by atoms with Crippen molar-refractivity contribution in [3.8, 4) is 11.1 Å². The molecule has 0 bridgehead atoms. The molecule has 2 heterocycles. The molecule has 2 aromatic carbocycles. The van der Waals surface area contributed by atoms with Gasteiger partial charge in [-0.05, 0) is 49.1 Å². The number of fused-ring (bicyclic) bond motifs is 1. The van der Waals surface area contributed by atoms with Gasteiger partial charge in [0.15, 0.2) is 0 Å². The van der Waals surface area contributed by atoms with Gasteiger partial charge in [0.25, 0.3) is 5.91 Å². The van der Waals surface area contributed by atoms with E-state index in [4.69, 9.17) is 9.47 Å². The molecule has 0 radical (unpaired) electrons. The predicted molar refractivity (Wildman–Crippen MR) is 115 cm³/mol. The molecule has 1 fully saturated rings. The fraction of sp³-hybridized carbons (Fsp3) is 0.304. The number of carbonyl (C=O) groups is 2. The number of hydrogen-bond acceptors (Lipinski definition) is 5. The van der Waals surface area contributed by atoms with Crippen LogP contribution in [0.2, 0.25) is 0 Å². The summed E-state index contributed by atoms with van der Waals surface area (Å²) in [4.78, 5) is 25.5. The Bertz CT molecular complexity index is 1050. The molecule has 1 aliphatic rings. The number of nitrogens with one attached hydrogen (secondary N) is 1. The average Bonchev–Trinajstić information content (AvgIpc) is 3.37. The standard InChI is InChI=1S/C23H23NO4S/c1-14(2)28-23(26)20-18(17-10-9-15-6-3-4-7-16(15)12-17)13-29-22(20)24-21(25)19-8-5-11-27-19/h3-4,6-7,9-10,12-14,19H,5,8,11H2,1-2H3,(H,24,25)/t19-/m0/s1. The number of benzene rings is 2. The molecular formula is C23H23NO4S. The maximum absolute atomic E-state index is 12.9. The van der Waals surface area contributed by atoms with Gasteiger partial charge in [0.2, 0.25) is 0 Å². The summed E-state index contributed by atoms with van der Waals surface area (Å²) >= 11 is 1.33. The predicted octanol–water partition coefficient (Wildman–Crippen LogP) is 5.25. The summed E-state index contributed by atoms with van der Waals surface area (Å²) in [7, 11) is 0. The first-order valence-corrected chi connectivity index (χ1v) is 10.6. The molecule has 0 unspecified atom stereocenters. The molecule has 1 N–H and O–H groups in total. The molecule has 0 saturated carbocycles. The highest BCUT2D eigenvalue weighted by Crippen LogP contribution is 2.37. The van der Waals surface area contributed by atoms with Crippen molar-refractivity contribution in [2.45, 2.75) is 38.9 Å². The van der Waals surface area contributed by atoms with E-state index in [1.54, 1.807) is 0 Å². The highest BCUT2D eigenvalue weighted by molar-refractivity contribution is 7.15. The van der Waals surface area contributed by atoms with Gasteiger partial charge in [0.05, 0.1) is 6.10 Å². The van der Waals surface area contributed by atoms with Crippen LogP contribution in [0.25, 0.3) is 21.9 Å². The van der Waals surface area contributed by atoms with E-state index in [1.807, 2.05) is 55.6 Å². The normalized spacial score (nSPS) is 16.3. The number of rotatable bonds is 5. The summed E-state index contributed by atoms with van der Waals surface area (Å²) in [5, 5.41) is 7.50. The van der Waals surface area contributed by atoms with E-state index in [0.29, 0.717) is 23.6 Å². The molecule has 4 rings (SSSR count). The zero-order chi connectivity index (χ0) is 20.4. The maximum Gasteiger partial charge on any atom is 0.342 e. The van der Waals surface area contributed by atoms with E-state index >= 15 is 0 Å². The molecular weight excluding hydrogens is 386 g/mol. The number of carbonyl (C=O) groups excluding carboxylic acids is 2. The lowest BCUT2D eigenvalue weighted by molar-refractivity contribution is -0.124. The highest BCUT2D eigenvalue weighted by Gasteiger charge is 2.28. The first-order chi connectivity index (χ1) is 14.0. The van der Waals surface area contributed by atoms with Crippen LogP contribution >= 0.6 is 11.3 Å². The Labute approximate surface area is 173 Å². The summed E-state index contributed by atoms with van der Waals surface area (Å²) in [6.07, 6.45) is 0.844. The molecule has 1 amide bonds. The number of esters is 1. The molecule has 1 atom stereocenters. The Balaban J connectivity index is 1.73. The zero-order valence-electron chi connectivity index (χ0n) is 16.4. The Morgan fingerprint density at radius 3 is 2.69 bits per heavy atom. The monoisotopic (exact) mass is 409 g/mol. The Kier molecular flexibility index (Phi) is 5.65. The van der Waals surface area contributed by atoms with Crippen molar-refractivity contribution >= 4 is 39.0 Å². The van der Waals surface area contributed by atoms with Crippen LogP contribution < -0.4 is 5.32 Å². The SMILES string of the molecule is CC(C)OC(=O)c1c(-c2ccc3ccccc3c2)csc1NC(=O)[C@@H]1CCCO1. The second-order valence-electron chi connectivity index (χ2n) is 7.36. The Morgan fingerprint density at radius 1 is 1.17 bits per heavy atom. The van der Waals surface area contributed by atoms with Gasteiger partial charge < -0.3 is 14.8 Å². The maximum atomic E-state index is 12.9. The summed E-state index contributed by atoms with van der Waals surface area (Å²) in [6, 6.07) is 14.1. The van der Waals surface area contributed by atoms with Gasteiger partial charge >= 0.3 is 5.97 Å². The van der Waals surface area contributed by atoms with Crippen LogP contribution in [0, 0.1) is 0 Å². The van der Waals surface area contributed by atoms with Crippen molar-refractivity contribution in [2.24, 2.45) is 0 Å². The van der Waals surface area contributed by atoms with Gasteiger partial charge in [-0.15, -0.1) is 11.3 Å². The molecule has 1 aliphatic heterocycles. The van der Waals surface area contributed by atoms with E-state index in [1.165, 1.54) is 11.3 Å². The molecule has 1 saturated heterocycles. The second-order valence-corrected chi connectivity index (χ2v) is 8.24. The molecule has 6 heteroatoms. The van der Waals surface area contributed by atoms with E-state index in [9.17, 15) is 9.59 Å². The lowest BCUT2D eigenvalue weighted by Gasteiger charge is -2.13. The van der Waals surface area contributed by atoms with E-state index < -0.39 is 12.1 Å². The molecule has 3 aromatic rings. The van der Waals surface area contributed by atoms with Crippen molar-refractivity contribution in [1.82, 2.24) is 0 Å². The Hall–Kier alpha value is -2.70. The fourth-order valence-electron chi connectivity index (χ4n) is 3.47. The third kappa shape index (κ3) is 4.18. The Morgan fingerprint density at radius 2 is 1.97 bits per heavy atom. The minimum atomic E-state index is -0.463. The summed E-state index contributed by atoms with van der Waals surface area (Å²) in [6.45, 7) is 4.21. The van der Waals surface area contributed by atoms with E-state index in [-0.39, 0.29) is 12.0 Å². The largest absolute Gasteiger partial charge is 0.459 e. The van der Waals surface area contributed by atoms with Crippen molar-refractivity contribution in [3.63, 3.8) is 0 Å². The molecule has 29 heavy (non-hydrogen) atoms. The first-order valence-electron chi connectivity index (χ1n) is 9.77. The minimum absolute atomic E-state index is 0.215. The second kappa shape index (κ2) is 8.35. The summed E-state index contributed by atoms with van der Waals surface area (Å²) < 4.78 is 10.9. The summed E-state index contributed by atoms with van der Waals surface area (Å²) in [5.74, 6) is -0.653. The zero-order valence-corrected chi connectivity index (χ0v) is 17.3. The van der Waals surface area contributed by atoms with Crippen LogP contribution in [0.5, 0.6) is 0 Å². The molecule has 5 nitrogen and oxygen atoms in total. The van der Waals surface area contributed by atoms with Crippen LogP contribution in [0.1, 0.15) is 37.0 Å². The highest BCUT2D eigenvalue weighted by atomic mass is 32.1. The number of thiophene rings is 1. The van der Waals surface area contributed by atoms with Gasteiger partial charge in [-0.3, -0.25) is 4.79 Å². The third-order valence-electron chi connectivity index (χ3n) is 4.86. The van der Waals surface area contributed by atoms with Crippen LogP contribution in [0.3, 0.4) is 0 Å². The van der Waals surface area contributed by atoms with Crippen LogP contribution in [0.4, 0.5) is 5.00 Å². The van der Waals surface area contributed by atoms with Gasteiger partial charge in [-0.1, -0.05) is 36.4 Å². The number of anilines is 1. The van der Waals surface area contributed by atoms with Gasteiger partial charge in [-0.25, -0.2) is 4.79 Å². The van der Waals surface area contributed by atoms with Crippen LogP contribution in [-0.2, 0) is 14.3 Å². The van der Waals surface area contributed by atoms with E-state index in [2.05, 4.69) is 11.4 Å². The van der Waals surface area contributed by atoms with Gasteiger partial charge in [-0.2, -0.15) is 0 Å². The minimum Gasteiger partial charge on any atom is -0.459 e. The lowest BCUT2D eigenvalue weighted by atomic mass is 10.00. The molecule has 0 spiro atoms. The third-order valence-corrected chi connectivity index (χ3v) is 5.75. The number of amides is 1. The average molecular weight is 410 g/mol. The first kappa shape index (κ1) is 19.6.